The van der Waals surface area contributed by atoms with Crippen molar-refractivity contribution in [3.05, 3.63) is 29.3 Å². The second-order valence-electron chi connectivity index (χ2n) is 2.80. The van der Waals surface area contributed by atoms with Gasteiger partial charge in [0.2, 0.25) is 0 Å². The Bertz CT molecular complexity index is 531. The number of rotatable bonds is 3. The van der Waals surface area contributed by atoms with Crippen molar-refractivity contribution in [2.24, 2.45) is 0 Å². The molecule has 0 bridgehead atoms. The molecule has 0 unspecified atom stereocenters. The molecule has 0 saturated carbocycles. The first-order valence-corrected chi connectivity index (χ1v) is 5.21. The Morgan fingerprint density at radius 2 is 1.35 bits per heavy atom. The topological polar surface area (TPSA) is 135 Å². The van der Waals surface area contributed by atoms with Gasteiger partial charge in [0.05, 0.1) is 16.8 Å². The van der Waals surface area contributed by atoms with Gasteiger partial charge in [-0.3, -0.25) is 4.55 Å². The zero-order valence-electron chi connectivity index (χ0n) is 8.24. The van der Waals surface area contributed by atoms with E-state index in [2.05, 4.69) is 0 Å². The van der Waals surface area contributed by atoms with Gasteiger partial charge < -0.3 is 19.8 Å². The number of carbonyl (C=O) groups is 2. The van der Waals surface area contributed by atoms with Crippen LogP contribution in [0.1, 0.15) is 20.7 Å². The van der Waals surface area contributed by atoms with Crippen LogP contribution in [-0.2, 0) is 10.1 Å². The van der Waals surface area contributed by atoms with E-state index in [0.717, 1.165) is 0 Å². The normalized spacial score (nSPS) is 10.4. The first kappa shape index (κ1) is 16.6. The van der Waals surface area contributed by atoms with Gasteiger partial charge in [0, 0.05) is 0 Å². The minimum atomic E-state index is -4.70. The standard InChI is InChI=1S/C8H6O7S.Ba/c9-7(10)4-1-5(8(11)12)3-6(2-4)16(13,14)15;/h1-3H,(H,9,10)(H,11,12)(H,13,14,15);/q;+2/p-2. The van der Waals surface area contributed by atoms with Crippen LogP contribution in [0, 0.1) is 0 Å². The summed E-state index contributed by atoms with van der Waals surface area (Å²) in [5, 5.41) is 20.9. The molecule has 0 atom stereocenters. The summed E-state index contributed by atoms with van der Waals surface area (Å²) in [6.07, 6.45) is 0. The van der Waals surface area contributed by atoms with Gasteiger partial charge in [-0.2, -0.15) is 8.42 Å². The van der Waals surface area contributed by atoms with Gasteiger partial charge >= 0.3 is 48.9 Å². The van der Waals surface area contributed by atoms with Crippen molar-refractivity contribution in [2.75, 3.05) is 0 Å². The van der Waals surface area contributed by atoms with Gasteiger partial charge in [0.1, 0.15) is 0 Å². The molecule has 0 fully saturated rings. The maximum atomic E-state index is 10.7. The fourth-order valence-corrected chi connectivity index (χ4v) is 1.54. The molecule has 0 radical (unpaired) electrons. The molecule has 0 spiro atoms. The van der Waals surface area contributed by atoms with Gasteiger partial charge in [-0.1, -0.05) is 0 Å². The number of carboxylic acids is 2. The molecule has 0 aromatic heterocycles. The smallest absolute Gasteiger partial charge is 0.545 e. The minimum Gasteiger partial charge on any atom is -0.545 e. The van der Waals surface area contributed by atoms with Crippen LogP contribution in [0.25, 0.3) is 0 Å². The summed E-state index contributed by atoms with van der Waals surface area (Å²) in [6.45, 7) is 0. The summed E-state index contributed by atoms with van der Waals surface area (Å²) in [4.78, 5) is 20.1. The summed E-state index contributed by atoms with van der Waals surface area (Å²) in [6, 6.07) is 1.83. The molecule has 0 saturated heterocycles. The van der Waals surface area contributed by atoms with Gasteiger partial charge in [-0.15, -0.1) is 0 Å². The molecule has 0 aliphatic rings. The quantitative estimate of drug-likeness (QED) is 0.444. The largest absolute Gasteiger partial charge is 2.00 e. The molecule has 86 valence electrons. The molecule has 17 heavy (non-hydrogen) atoms. The van der Waals surface area contributed by atoms with Crippen LogP contribution in [-0.4, -0.2) is 73.8 Å². The zero-order chi connectivity index (χ0) is 12.5. The maximum Gasteiger partial charge on any atom is 2.00 e. The molecule has 1 rings (SSSR count). The third-order valence-electron chi connectivity index (χ3n) is 1.68. The first-order chi connectivity index (χ1) is 7.21. The van der Waals surface area contributed by atoms with E-state index >= 15 is 0 Å². The summed E-state index contributed by atoms with van der Waals surface area (Å²) in [7, 11) is -4.70. The van der Waals surface area contributed by atoms with E-state index < -0.39 is 38.1 Å². The van der Waals surface area contributed by atoms with Crippen molar-refractivity contribution in [3.63, 3.8) is 0 Å². The van der Waals surface area contributed by atoms with Crippen LogP contribution in [0.15, 0.2) is 23.1 Å². The molecular weight excluding hydrogens is 377 g/mol. The Morgan fingerprint density at radius 1 is 1.00 bits per heavy atom. The molecule has 0 aliphatic heterocycles. The summed E-state index contributed by atoms with van der Waals surface area (Å²) >= 11 is 0. The van der Waals surface area contributed by atoms with E-state index in [1.165, 1.54) is 0 Å². The third kappa shape index (κ3) is 4.43. The van der Waals surface area contributed by atoms with Crippen molar-refractivity contribution in [1.82, 2.24) is 0 Å². The van der Waals surface area contributed by atoms with Crippen LogP contribution in [0.5, 0.6) is 0 Å². The Morgan fingerprint density at radius 3 is 1.59 bits per heavy atom. The van der Waals surface area contributed by atoms with E-state index in [1.54, 1.807) is 0 Å². The minimum absolute atomic E-state index is 0. The van der Waals surface area contributed by atoms with Gasteiger partial charge in [-0.25, -0.2) is 0 Å². The molecular formula is C8H4BaO7S. The van der Waals surface area contributed by atoms with Crippen molar-refractivity contribution >= 4 is 70.9 Å². The van der Waals surface area contributed by atoms with Crippen LogP contribution >= 0.6 is 0 Å². The number of hydrogen-bond acceptors (Lipinski definition) is 6. The third-order valence-corrected chi connectivity index (χ3v) is 2.51. The van der Waals surface area contributed by atoms with Crippen LogP contribution in [0.2, 0.25) is 0 Å². The molecule has 0 heterocycles. The molecule has 1 N–H and O–H groups in total. The van der Waals surface area contributed by atoms with Gasteiger partial charge in [0.25, 0.3) is 10.1 Å². The number of carboxylic acid groups (broad SMARTS) is 2. The predicted molar refractivity (Wildman–Crippen MR) is 50.7 cm³/mol. The van der Waals surface area contributed by atoms with Crippen molar-refractivity contribution in [3.8, 4) is 0 Å². The number of benzene rings is 1. The summed E-state index contributed by atoms with van der Waals surface area (Å²) in [5.74, 6) is -3.54. The molecule has 1 aromatic carbocycles. The van der Waals surface area contributed by atoms with Crippen LogP contribution in [0.4, 0.5) is 0 Å². The second kappa shape index (κ2) is 6.00. The Hall–Kier alpha value is -0.359. The molecule has 7 nitrogen and oxygen atoms in total. The Balaban J connectivity index is 0.00000256. The molecule has 1 aromatic rings. The molecule has 9 heteroatoms. The first-order valence-electron chi connectivity index (χ1n) is 3.77. The van der Waals surface area contributed by atoms with Gasteiger partial charge in [-0.05, 0) is 29.3 Å². The molecule has 0 amide bonds. The van der Waals surface area contributed by atoms with Crippen LogP contribution in [0.3, 0.4) is 0 Å². The van der Waals surface area contributed by atoms with E-state index in [9.17, 15) is 28.2 Å². The van der Waals surface area contributed by atoms with E-state index in [0.29, 0.717) is 18.2 Å². The summed E-state index contributed by atoms with van der Waals surface area (Å²) < 4.78 is 30.1. The van der Waals surface area contributed by atoms with Crippen molar-refractivity contribution < 1.29 is 32.8 Å². The Labute approximate surface area is 136 Å². The maximum absolute atomic E-state index is 10.7. The number of aromatic carboxylic acids is 2. The SMILES string of the molecule is O=C([O-])c1cc(C(=O)[O-])cc(S(=O)(=O)O)c1.[Ba+2]. The number of hydrogen-bond donors (Lipinski definition) is 1. The zero-order valence-corrected chi connectivity index (χ0v) is 13.5. The van der Waals surface area contributed by atoms with Crippen molar-refractivity contribution in [2.45, 2.75) is 4.90 Å². The monoisotopic (exact) mass is 382 g/mol. The van der Waals surface area contributed by atoms with Crippen LogP contribution < -0.4 is 10.2 Å². The summed E-state index contributed by atoms with van der Waals surface area (Å²) in [5.41, 5.74) is -1.37. The Kier molecular flexibility index (Phi) is 5.87. The average molecular weight is 382 g/mol. The van der Waals surface area contributed by atoms with Crippen molar-refractivity contribution in [1.29, 1.82) is 0 Å². The second-order valence-corrected chi connectivity index (χ2v) is 4.22. The van der Waals surface area contributed by atoms with Gasteiger partial charge in [0.15, 0.2) is 0 Å². The van der Waals surface area contributed by atoms with E-state index in [1.807, 2.05) is 0 Å². The van der Waals surface area contributed by atoms with E-state index in [4.69, 9.17) is 4.55 Å². The molecule has 0 aliphatic carbocycles. The van der Waals surface area contributed by atoms with E-state index in [-0.39, 0.29) is 48.9 Å². The fraction of sp³-hybridized carbons (Fsp3) is 0. The number of carbonyl (C=O) groups excluding carboxylic acids is 2. The predicted octanol–water partition coefficient (Wildman–Crippen LogP) is -2.72. The fourth-order valence-electron chi connectivity index (χ4n) is 0.984. The average Bonchev–Trinajstić information content (AvgIpc) is 2.15.